The van der Waals surface area contributed by atoms with E-state index >= 15 is 0 Å². The molecule has 0 fully saturated rings. The SMILES string of the molecule is C[C@@H](Sc1ccc(Cl)cc1)C(=O)N/N=C\c1ccc(OCc2ccc3ccccc3c2)cc1. The summed E-state index contributed by atoms with van der Waals surface area (Å²) in [7, 11) is 0. The Morgan fingerprint density at radius 2 is 1.73 bits per heavy atom. The van der Waals surface area contributed by atoms with E-state index in [0.717, 1.165) is 21.8 Å². The number of carbonyl (C=O) groups is 1. The molecule has 0 saturated carbocycles. The maximum absolute atomic E-state index is 12.3. The van der Waals surface area contributed by atoms with Gasteiger partial charge in [0, 0.05) is 9.92 Å². The molecule has 1 atom stereocenters. The Kier molecular flexibility index (Phi) is 7.66. The van der Waals surface area contributed by atoms with Gasteiger partial charge in [-0.2, -0.15) is 5.10 Å². The Labute approximate surface area is 202 Å². The molecular weight excluding hydrogens is 452 g/mol. The quantitative estimate of drug-likeness (QED) is 0.175. The van der Waals surface area contributed by atoms with E-state index in [1.807, 2.05) is 67.6 Å². The Balaban J connectivity index is 1.26. The van der Waals surface area contributed by atoms with Gasteiger partial charge in [-0.25, -0.2) is 5.43 Å². The highest BCUT2D eigenvalue weighted by Crippen LogP contribution is 2.24. The molecule has 4 aromatic carbocycles. The topological polar surface area (TPSA) is 50.7 Å². The van der Waals surface area contributed by atoms with Gasteiger partial charge in [-0.1, -0.05) is 48.0 Å². The molecule has 0 aliphatic carbocycles. The summed E-state index contributed by atoms with van der Waals surface area (Å²) >= 11 is 7.35. The number of fused-ring (bicyclic) bond motifs is 1. The van der Waals surface area contributed by atoms with Crippen molar-refractivity contribution in [3.8, 4) is 5.75 Å². The fourth-order valence-electron chi connectivity index (χ4n) is 3.18. The lowest BCUT2D eigenvalue weighted by Gasteiger charge is -2.09. The first kappa shape index (κ1) is 22.9. The van der Waals surface area contributed by atoms with Crippen molar-refractivity contribution in [2.75, 3.05) is 0 Å². The van der Waals surface area contributed by atoms with Crippen LogP contribution in [0.1, 0.15) is 18.1 Å². The van der Waals surface area contributed by atoms with Crippen molar-refractivity contribution in [1.82, 2.24) is 5.43 Å². The molecule has 4 nitrogen and oxygen atoms in total. The monoisotopic (exact) mass is 474 g/mol. The third kappa shape index (κ3) is 6.60. The lowest BCUT2D eigenvalue weighted by Crippen LogP contribution is -2.26. The van der Waals surface area contributed by atoms with E-state index in [9.17, 15) is 4.79 Å². The van der Waals surface area contributed by atoms with Gasteiger partial charge in [-0.15, -0.1) is 11.8 Å². The van der Waals surface area contributed by atoms with Crippen molar-refractivity contribution >= 4 is 46.3 Å². The van der Waals surface area contributed by atoms with Crippen molar-refractivity contribution in [3.05, 3.63) is 107 Å². The zero-order valence-corrected chi connectivity index (χ0v) is 19.6. The summed E-state index contributed by atoms with van der Waals surface area (Å²) in [6.45, 7) is 2.34. The minimum Gasteiger partial charge on any atom is -0.489 e. The standard InChI is InChI=1S/C27H23ClN2O2S/c1-19(33-26-14-10-24(28)11-15-26)27(31)30-29-17-20-7-12-25(13-8-20)32-18-21-6-9-22-4-2-3-5-23(22)16-21/h2-17,19H,18H2,1H3,(H,30,31)/b29-17-/t19-/m1/s1. The third-order valence-corrected chi connectivity index (χ3v) is 6.35. The molecule has 0 heterocycles. The van der Waals surface area contributed by atoms with Crippen molar-refractivity contribution in [2.45, 2.75) is 23.7 Å². The van der Waals surface area contributed by atoms with E-state index in [1.165, 1.54) is 22.5 Å². The lowest BCUT2D eigenvalue weighted by atomic mass is 10.1. The van der Waals surface area contributed by atoms with Crippen LogP contribution in [-0.2, 0) is 11.4 Å². The van der Waals surface area contributed by atoms with Gasteiger partial charge in [0.25, 0.3) is 5.91 Å². The van der Waals surface area contributed by atoms with E-state index in [2.05, 4.69) is 40.9 Å². The second kappa shape index (κ2) is 11.0. The van der Waals surface area contributed by atoms with Crippen LogP contribution >= 0.6 is 23.4 Å². The van der Waals surface area contributed by atoms with Gasteiger partial charge in [0.1, 0.15) is 12.4 Å². The molecule has 1 N–H and O–H groups in total. The van der Waals surface area contributed by atoms with Gasteiger partial charge in [0.15, 0.2) is 0 Å². The molecule has 1 amide bonds. The number of halogens is 1. The number of benzene rings is 4. The second-order valence-corrected chi connectivity index (χ2v) is 9.34. The predicted octanol–water partition coefficient (Wildman–Crippen LogP) is 6.70. The van der Waals surface area contributed by atoms with Gasteiger partial charge in [0.05, 0.1) is 11.5 Å². The van der Waals surface area contributed by atoms with Crippen molar-refractivity contribution < 1.29 is 9.53 Å². The molecule has 0 radical (unpaired) electrons. The Hall–Kier alpha value is -3.28. The molecule has 0 spiro atoms. The molecule has 0 bridgehead atoms. The Morgan fingerprint density at radius 3 is 2.48 bits per heavy atom. The predicted molar refractivity (Wildman–Crippen MR) is 137 cm³/mol. The summed E-state index contributed by atoms with van der Waals surface area (Å²) in [6, 6.07) is 29.6. The molecule has 6 heteroatoms. The number of hydrazone groups is 1. The van der Waals surface area contributed by atoms with Crippen LogP contribution < -0.4 is 10.2 Å². The number of nitrogens with zero attached hydrogens (tertiary/aromatic N) is 1. The average molecular weight is 475 g/mol. The summed E-state index contributed by atoms with van der Waals surface area (Å²) < 4.78 is 5.91. The zero-order chi connectivity index (χ0) is 23.0. The number of nitrogens with one attached hydrogen (secondary N) is 1. The highest BCUT2D eigenvalue weighted by molar-refractivity contribution is 8.00. The van der Waals surface area contributed by atoms with Gasteiger partial charge in [-0.3, -0.25) is 4.79 Å². The minimum absolute atomic E-state index is 0.165. The van der Waals surface area contributed by atoms with Crippen LogP contribution in [0.5, 0.6) is 5.75 Å². The molecule has 33 heavy (non-hydrogen) atoms. The van der Waals surface area contributed by atoms with Crippen LogP contribution in [0.4, 0.5) is 0 Å². The molecule has 0 unspecified atom stereocenters. The van der Waals surface area contributed by atoms with Crippen LogP contribution in [0, 0.1) is 0 Å². The van der Waals surface area contributed by atoms with Gasteiger partial charge < -0.3 is 4.74 Å². The molecule has 166 valence electrons. The van der Waals surface area contributed by atoms with E-state index in [1.54, 1.807) is 6.21 Å². The first-order chi connectivity index (χ1) is 16.1. The number of amides is 1. The number of hydrogen-bond acceptors (Lipinski definition) is 4. The number of hydrogen-bond donors (Lipinski definition) is 1. The number of ether oxygens (including phenoxy) is 1. The molecule has 4 aromatic rings. The van der Waals surface area contributed by atoms with Gasteiger partial charge in [-0.05, 0) is 83.4 Å². The molecule has 0 aromatic heterocycles. The first-order valence-corrected chi connectivity index (χ1v) is 11.8. The van der Waals surface area contributed by atoms with Crippen LogP contribution in [0.2, 0.25) is 5.02 Å². The minimum atomic E-state index is -0.283. The maximum Gasteiger partial charge on any atom is 0.253 e. The lowest BCUT2D eigenvalue weighted by molar-refractivity contribution is -0.120. The van der Waals surface area contributed by atoms with Crippen LogP contribution in [0.25, 0.3) is 10.8 Å². The number of carbonyl (C=O) groups excluding carboxylic acids is 1. The summed E-state index contributed by atoms with van der Waals surface area (Å²) in [5.74, 6) is 0.610. The first-order valence-electron chi connectivity index (χ1n) is 10.5. The van der Waals surface area contributed by atoms with E-state index < -0.39 is 0 Å². The summed E-state index contributed by atoms with van der Waals surface area (Å²) in [4.78, 5) is 13.2. The second-order valence-electron chi connectivity index (χ2n) is 7.49. The fraction of sp³-hybridized carbons (Fsp3) is 0.111. The number of thioether (sulfide) groups is 1. The maximum atomic E-state index is 12.3. The highest BCUT2D eigenvalue weighted by atomic mass is 35.5. The molecule has 4 rings (SSSR count). The van der Waals surface area contributed by atoms with Gasteiger partial charge >= 0.3 is 0 Å². The summed E-state index contributed by atoms with van der Waals surface area (Å²) in [6.07, 6.45) is 1.62. The molecular formula is C27H23ClN2O2S. The van der Waals surface area contributed by atoms with E-state index in [-0.39, 0.29) is 11.2 Å². The zero-order valence-electron chi connectivity index (χ0n) is 18.1. The Morgan fingerprint density at radius 1 is 1.00 bits per heavy atom. The largest absolute Gasteiger partial charge is 0.489 e. The van der Waals surface area contributed by atoms with Crippen LogP contribution in [-0.4, -0.2) is 17.4 Å². The molecule has 0 aliphatic rings. The highest BCUT2D eigenvalue weighted by Gasteiger charge is 2.13. The van der Waals surface area contributed by atoms with E-state index in [0.29, 0.717) is 11.6 Å². The molecule has 0 aliphatic heterocycles. The summed E-state index contributed by atoms with van der Waals surface area (Å²) in [5, 5.41) is 6.88. The summed E-state index contributed by atoms with van der Waals surface area (Å²) in [5.41, 5.74) is 4.58. The van der Waals surface area contributed by atoms with Crippen LogP contribution in [0.15, 0.2) is 101 Å². The molecule has 0 saturated heterocycles. The smallest absolute Gasteiger partial charge is 0.253 e. The average Bonchev–Trinajstić information content (AvgIpc) is 2.84. The van der Waals surface area contributed by atoms with Crippen molar-refractivity contribution in [2.24, 2.45) is 5.10 Å². The Bertz CT molecular complexity index is 1260. The normalized spacial score (nSPS) is 12.1. The number of rotatable bonds is 8. The van der Waals surface area contributed by atoms with Crippen molar-refractivity contribution in [1.29, 1.82) is 0 Å². The van der Waals surface area contributed by atoms with E-state index in [4.69, 9.17) is 16.3 Å². The fourth-order valence-corrected chi connectivity index (χ4v) is 4.16. The van der Waals surface area contributed by atoms with Gasteiger partial charge in [0.2, 0.25) is 0 Å². The van der Waals surface area contributed by atoms with Crippen molar-refractivity contribution in [3.63, 3.8) is 0 Å². The van der Waals surface area contributed by atoms with Crippen LogP contribution in [0.3, 0.4) is 0 Å². The third-order valence-electron chi connectivity index (χ3n) is 4.98.